The molecule has 0 amide bonds. The summed E-state index contributed by atoms with van der Waals surface area (Å²) in [5.74, 6) is 5.75. The Morgan fingerprint density at radius 3 is 1.88 bits per heavy atom. The van der Waals surface area contributed by atoms with Crippen LogP contribution in [0.15, 0.2) is 29.1 Å². The van der Waals surface area contributed by atoms with Gasteiger partial charge in [0.2, 0.25) is 0 Å². The maximum atomic E-state index is 12.5. The summed E-state index contributed by atoms with van der Waals surface area (Å²) in [6.45, 7) is 2.24. The first-order chi connectivity index (χ1) is 15.9. The minimum atomic E-state index is -4.45. The Labute approximate surface area is 198 Å². The van der Waals surface area contributed by atoms with E-state index >= 15 is 0 Å². The monoisotopic (exact) mass is 479 g/mol. The van der Waals surface area contributed by atoms with Crippen molar-refractivity contribution in [1.82, 2.24) is 9.66 Å². The molecule has 1 aromatic heterocycles. The summed E-state index contributed by atoms with van der Waals surface area (Å²) in [5, 5.41) is -0.994. The molecular formula is C25H41N3O4S. The highest BCUT2D eigenvalue weighted by Gasteiger charge is 2.29. The largest absolute Gasteiger partial charge is 0.335 e. The minimum Gasteiger partial charge on any atom is -0.335 e. The topological polar surface area (TPSA) is 115 Å². The fourth-order valence-corrected chi connectivity index (χ4v) is 5.22. The highest BCUT2D eigenvalue weighted by atomic mass is 32.2. The summed E-state index contributed by atoms with van der Waals surface area (Å²) >= 11 is 0. The Balaban J connectivity index is 1.73. The Morgan fingerprint density at radius 2 is 1.36 bits per heavy atom. The first-order valence-electron chi connectivity index (χ1n) is 12.6. The molecule has 186 valence electrons. The van der Waals surface area contributed by atoms with Crippen LogP contribution in [-0.2, 0) is 10.1 Å². The third-order valence-corrected chi connectivity index (χ3v) is 7.47. The number of rotatable bonds is 17. The third-order valence-electron chi connectivity index (χ3n) is 6.30. The molecule has 0 aliphatic rings. The van der Waals surface area contributed by atoms with E-state index in [1.807, 2.05) is 0 Å². The second-order valence-electron chi connectivity index (χ2n) is 9.05. The maximum absolute atomic E-state index is 12.5. The molecule has 7 nitrogen and oxygen atoms in total. The maximum Gasteiger partial charge on any atom is 0.279 e. The number of hydrogen-bond donors (Lipinski definition) is 2. The molecule has 0 bridgehead atoms. The molecule has 0 fully saturated rings. The van der Waals surface area contributed by atoms with Gasteiger partial charge in [-0.25, -0.2) is 9.66 Å². The molecule has 0 spiro atoms. The van der Waals surface area contributed by atoms with Gasteiger partial charge < -0.3 is 5.84 Å². The van der Waals surface area contributed by atoms with Crippen LogP contribution in [-0.4, -0.2) is 22.6 Å². The number of benzene rings is 1. The zero-order chi connectivity index (χ0) is 24.1. The van der Waals surface area contributed by atoms with Crippen LogP contribution in [0.3, 0.4) is 0 Å². The van der Waals surface area contributed by atoms with Gasteiger partial charge in [-0.15, -0.1) is 0 Å². The van der Waals surface area contributed by atoms with Crippen molar-refractivity contribution >= 4 is 21.0 Å². The van der Waals surface area contributed by atoms with Gasteiger partial charge in [0.1, 0.15) is 5.25 Å². The minimum absolute atomic E-state index is 0.115. The van der Waals surface area contributed by atoms with Crippen LogP contribution < -0.4 is 11.4 Å². The number of nitrogens with two attached hydrogens (primary N) is 1. The van der Waals surface area contributed by atoms with Crippen molar-refractivity contribution in [3.63, 3.8) is 0 Å². The second-order valence-corrected chi connectivity index (χ2v) is 10.6. The first kappa shape index (κ1) is 27.3. The van der Waals surface area contributed by atoms with E-state index in [1.54, 1.807) is 24.3 Å². The van der Waals surface area contributed by atoms with Crippen molar-refractivity contribution in [1.29, 1.82) is 0 Å². The highest BCUT2D eigenvalue weighted by Crippen LogP contribution is 2.26. The van der Waals surface area contributed by atoms with Crippen molar-refractivity contribution in [2.75, 3.05) is 5.84 Å². The van der Waals surface area contributed by atoms with Crippen molar-refractivity contribution in [2.45, 2.75) is 108 Å². The van der Waals surface area contributed by atoms with Crippen LogP contribution in [0.25, 0.3) is 10.9 Å². The average Bonchev–Trinajstić information content (AvgIpc) is 2.78. The van der Waals surface area contributed by atoms with Crippen molar-refractivity contribution in [2.24, 2.45) is 0 Å². The van der Waals surface area contributed by atoms with Gasteiger partial charge in [0.25, 0.3) is 15.7 Å². The van der Waals surface area contributed by atoms with E-state index in [-0.39, 0.29) is 12.2 Å². The van der Waals surface area contributed by atoms with Gasteiger partial charge in [0.05, 0.1) is 10.9 Å². The van der Waals surface area contributed by atoms with Crippen molar-refractivity contribution in [3.05, 3.63) is 40.4 Å². The lowest BCUT2D eigenvalue weighted by molar-refractivity contribution is 0.451. The summed E-state index contributed by atoms with van der Waals surface area (Å²) in [6.07, 6.45) is 17.0. The van der Waals surface area contributed by atoms with E-state index in [0.29, 0.717) is 17.3 Å². The smallest absolute Gasteiger partial charge is 0.279 e. The third kappa shape index (κ3) is 9.08. The molecule has 0 aliphatic heterocycles. The zero-order valence-electron chi connectivity index (χ0n) is 20.0. The van der Waals surface area contributed by atoms with Crippen LogP contribution in [0, 0.1) is 0 Å². The molecule has 1 atom stereocenters. The Morgan fingerprint density at radius 1 is 0.879 bits per heavy atom. The van der Waals surface area contributed by atoms with E-state index in [9.17, 15) is 17.8 Å². The van der Waals surface area contributed by atoms with Crippen LogP contribution >= 0.6 is 0 Å². The molecule has 0 saturated carbocycles. The lowest BCUT2D eigenvalue weighted by atomic mass is 10.0. The Hall–Kier alpha value is -1.93. The molecule has 0 saturated heterocycles. The normalized spacial score (nSPS) is 12.9. The molecule has 2 rings (SSSR count). The molecule has 3 N–H and O–H groups in total. The summed E-state index contributed by atoms with van der Waals surface area (Å²) in [7, 11) is -4.45. The van der Waals surface area contributed by atoms with Gasteiger partial charge in [-0.3, -0.25) is 9.35 Å². The first-order valence-corrected chi connectivity index (χ1v) is 14.1. The summed E-state index contributed by atoms with van der Waals surface area (Å²) in [6, 6.07) is 6.64. The summed E-state index contributed by atoms with van der Waals surface area (Å²) in [4.78, 5) is 16.8. The second kappa shape index (κ2) is 14.4. The van der Waals surface area contributed by atoms with Crippen LogP contribution in [0.4, 0.5) is 0 Å². The molecule has 1 unspecified atom stereocenters. The molecule has 0 radical (unpaired) electrons. The van der Waals surface area contributed by atoms with E-state index in [4.69, 9.17) is 5.84 Å². The molecule has 1 aromatic carbocycles. The van der Waals surface area contributed by atoms with Gasteiger partial charge in [-0.2, -0.15) is 8.42 Å². The van der Waals surface area contributed by atoms with Gasteiger partial charge in [0.15, 0.2) is 5.82 Å². The summed E-state index contributed by atoms with van der Waals surface area (Å²) in [5.41, 5.74) is -0.154. The predicted octanol–water partition coefficient (Wildman–Crippen LogP) is 5.91. The number of hydrogen-bond acceptors (Lipinski definition) is 5. The van der Waals surface area contributed by atoms with Gasteiger partial charge in [-0.1, -0.05) is 109 Å². The van der Waals surface area contributed by atoms with Crippen molar-refractivity contribution in [3.8, 4) is 0 Å². The summed E-state index contributed by atoms with van der Waals surface area (Å²) < 4.78 is 34.6. The molecule has 8 heteroatoms. The van der Waals surface area contributed by atoms with Crippen molar-refractivity contribution < 1.29 is 13.0 Å². The van der Waals surface area contributed by atoms with E-state index in [1.165, 1.54) is 64.2 Å². The number of nitrogen functional groups attached to an aromatic ring is 1. The number of para-hydroxylation sites is 1. The lowest BCUT2D eigenvalue weighted by Crippen LogP contribution is -2.34. The highest BCUT2D eigenvalue weighted by molar-refractivity contribution is 7.86. The fourth-order valence-electron chi connectivity index (χ4n) is 4.33. The Kier molecular flexibility index (Phi) is 11.9. The van der Waals surface area contributed by atoms with Gasteiger partial charge >= 0.3 is 0 Å². The molecule has 1 heterocycles. The zero-order valence-corrected chi connectivity index (χ0v) is 20.9. The van der Waals surface area contributed by atoms with Crippen LogP contribution in [0.2, 0.25) is 0 Å². The molecule has 0 aliphatic carbocycles. The Bertz CT molecular complexity index is 1000. The molecular weight excluding hydrogens is 438 g/mol. The predicted molar refractivity (Wildman–Crippen MR) is 135 cm³/mol. The quantitative estimate of drug-likeness (QED) is 0.165. The van der Waals surface area contributed by atoms with Crippen LogP contribution in [0.1, 0.15) is 114 Å². The number of fused-ring (bicyclic) bond motifs is 1. The molecule has 33 heavy (non-hydrogen) atoms. The van der Waals surface area contributed by atoms with E-state index in [0.717, 1.165) is 23.9 Å². The SMILES string of the molecule is CCCCCCCCCCCCCCCCC(c1nc2ccccc2c(=O)n1N)S(=O)(=O)O. The van der Waals surface area contributed by atoms with E-state index < -0.39 is 20.9 Å². The standard InChI is InChI=1S/C25H41N3O4S/c1-2-3-4-5-6-7-8-9-10-11-12-13-14-15-20-23(33(30,31)32)24-27-22-19-17-16-18-21(22)25(29)28(24)26/h16-19,23H,2-15,20,26H2,1H3,(H,30,31,32). The number of nitrogens with zero attached hydrogens (tertiary/aromatic N) is 2. The fraction of sp³-hybridized carbons (Fsp3) is 0.680. The van der Waals surface area contributed by atoms with Gasteiger partial charge in [0, 0.05) is 0 Å². The average molecular weight is 480 g/mol. The number of unbranched alkanes of at least 4 members (excludes halogenated alkanes) is 13. The number of aromatic nitrogens is 2. The van der Waals surface area contributed by atoms with E-state index in [2.05, 4.69) is 11.9 Å². The van der Waals surface area contributed by atoms with Crippen LogP contribution in [0.5, 0.6) is 0 Å². The lowest BCUT2D eigenvalue weighted by Gasteiger charge is -2.16. The van der Waals surface area contributed by atoms with Gasteiger partial charge in [-0.05, 0) is 18.6 Å². The molecule has 2 aromatic rings.